The van der Waals surface area contributed by atoms with Crippen molar-refractivity contribution in [3.05, 3.63) is 27.1 Å². The number of halogens is 2. The van der Waals surface area contributed by atoms with Crippen molar-refractivity contribution in [2.75, 3.05) is 13.1 Å². The molecule has 2 rings (SSSR count). The largest absolute Gasteiger partial charge is 0.244 e. The third kappa shape index (κ3) is 3.29. The molecule has 1 aromatic rings. The molecule has 1 saturated heterocycles. The van der Waals surface area contributed by atoms with Gasteiger partial charge in [0.15, 0.2) is 0 Å². The van der Waals surface area contributed by atoms with E-state index < -0.39 is 10.0 Å². The summed E-state index contributed by atoms with van der Waals surface area (Å²) in [6.07, 6.45) is 0.927. The number of hydrogen-bond acceptors (Lipinski definition) is 2. The Balaban J connectivity index is 2.28. The van der Waals surface area contributed by atoms with E-state index in [0.717, 1.165) is 10.9 Å². The van der Waals surface area contributed by atoms with Gasteiger partial charge in [0.25, 0.3) is 0 Å². The molecular formula is C14H19Br2NO2S. The highest BCUT2D eigenvalue weighted by Gasteiger charge is 2.38. The van der Waals surface area contributed by atoms with E-state index >= 15 is 0 Å². The van der Waals surface area contributed by atoms with Crippen LogP contribution in [-0.4, -0.2) is 25.8 Å². The zero-order valence-electron chi connectivity index (χ0n) is 11.9. The van der Waals surface area contributed by atoms with Gasteiger partial charge in [0.2, 0.25) is 10.0 Å². The van der Waals surface area contributed by atoms with Gasteiger partial charge in [-0.2, -0.15) is 4.31 Å². The fourth-order valence-electron chi connectivity index (χ4n) is 2.48. The Bertz CT molecular complexity index is 608. The van der Waals surface area contributed by atoms with Gasteiger partial charge in [-0.05, 0) is 51.9 Å². The molecule has 0 aliphatic carbocycles. The molecule has 1 heterocycles. The van der Waals surface area contributed by atoms with Crippen molar-refractivity contribution in [3.8, 4) is 0 Å². The van der Waals surface area contributed by atoms with Crippen molar-refractivity contribution < 1.29 is 8.42 Å². The monoisotopic (exact) mass is 423 g/mol. The summed E-state index contributed by atoms with van der Waals surface area (Å²) in [5, 5.41) is 0. The fourth-order valence-corrected chi connectivity index (χ4v) is 5.68. The molecule has 1 atom stereocenters. The van der Waals surface area contributed by atoms with Gasteiger partial charge in [-0.15, -0.1) is 0 Å². The average Bonchev–Trinajstić information content (AvgIpc) is 2.77. The van der Waals surface area contributed by atoms with E-state index in [4.69, 9.17) is 0 Å². The highest BCUT2D eigenvalue weighted by atomic mass is 79.9. The summed E-state index contributed by atoms with van der Waals surface area (Å²) in [5.74, 6) is 0.409. The van der Waals surface area contributed by atoms with Crippen LogP contribution in [0.4, 0.5) is 0 Å². The Morgan fingerprint density at radius 2 is 1.90 bits per heavy atom. The number of sulfonamides is 1. The summed E-state index contributed by atoms with van der Waals surface area (Å²) in [6, 6.07) is 5.17. The van der Waals surface area contributed by atoms with Gasteiger partial charge in [-0.3, -0.25) is 0 Å². The first kappa shape index (κ1) is 16.5. The summed E-state index contributed by atoms with van der Waals surface area (Å²) in [5.41, 5.74) is 0.140. The fraction of sp³-hybridized carbons (Fsp3) is 0.571. The quantitative estimate of drug-likeness (QED) is 0.710. The van der Waals surface area contributed by atoms with E-state index in [0.29, 0.717) is 28.4 Å². The highest BCUT2D eigenvalue weighted by Crippen LogP contribution is 2.37. The van der Waals surface area contributed by atoms with Crippen molar-refractivity contribution in [3.63, 3.8) is 0 Å². The Labute approximate surface area is 138 Å². The molecule has 112 valence electrons. The average molecular weight is 425 g/mol. The van der Waals surface area contributed by atoms with Gasteiger partial charge >= 0.3 is 0 Å². The van der Waals surface area contributed by atoms with Crippen LogP contribution in [0.15, 0.2) is 32.0 Å². The zero-order valence-corrected chi connectivity index (χ0v) is 15.8. The topological polar surface area (TPSA) is 37.4 Å². The van der Waals surface area contributed by atoms with Crippen molar-refractivity contribution in [1.82, 2.24) is 4.31 Å². The minimum Gasteiger partial charge on any atom is -0.207 e. The van der Waals surface area contributed by atoms with Crippen molar-refractivity contribution in [1.29, 1.82) is 0 Å². The molecule has 0 radical (unpaired) electrons. The maximum absolute atomic E-state index is 12.7. The summed E-state index contributed by atoms with van der Waals surface area (Å²) in [6.45, 7) is 7.72. The van der Waals surface area contributed by atoms with Crippen LogP contribution in [0.1, 0.15) is 27.2 Å². The lowest BCUT2D eigenvalue weighted by atomic mass is 9.80. The Morgan fingerprint density at radius 3 is 2.40 bits per heavy atom. The summed E-state index contributed by atoms with van der Waals surface area (Å²) < 4.78 is 28.5. The molecular weight excluding hydrogens is 406 g/mol. The molecule has 1 aromatic carbocycles. The molecule has 0 bridgehead atoms. The third-order valence-electron chi connectivity index (χ3n) is 3.89. The van der Waals surface area contributed by atoms with Gasteiger partial charge in [0, 0.05) is 22.0 Å². The van der Waals surface area contributed by atoms with E-state index in [9.17, 15) is 8.42 Å². The van der Waals surface area contributed by atoms with Crippen LogP contribution in [-0.2, 0) is 10.0 Å². The molecule has 20 heavy (non-hydrogen) atoms. The molecule has 1 aliphatic rings. The van der Waals surface area contributed by atoms with Crippen molar-refractivity contribution in [2.45, 2.75) is 32.1 Å². The van der Waals surface area contributed by atoms with Gasteiger partial charge in [0.1, 0.15) is 0 Å². The van der Waals surface area contributed by atoms with Gasteiger partial charge in [0.05, 0.1) is 4.90 Å². The van der Waals surface area contributed by atoms with Crippen LogP contribution < -0.4 is 0 Å². The maximum atomic E-state index is 12.7. The molecule has 1 unspecified atom stereocenters. The number of hydrogen-bond donors (Lipinski definition) is 0. The lowest BCUT2D eigenvalue weighted by Gasteiger charge is -2.27. The number of benzene rings is 1. The minimum atomic E-state index is -3.41. The highest BCUT2D eigenvalue weighted by molar-refractivity contribution is 9.11. The minimum absolute atomic E-state index is 0.140. The molecule has 3 nitrogen and oxygen atoms in total. The Morgan fingerprint density at radius 1 is 1.25 bits per heavy atom. The van der Waals surface area contributed by atoms with Crippen LogP contribution in [0, 0.1) is 11.3 Å². The van der Waals surface area contributed by atoms with E-state index in [-0.39, 0.29) is 5.41 Å². The predicted molar refractivity (Wildman–Crippen MR) is 88.2 cm³/mol. The van der Waals surface area contributed by atoms with E-state index in [1.54, 1.807) is 22.5 Å². The Hall–Kier alpha value is 0.0900. The van der Waals surface area contributed by atoms with Crippen LogP contribution in [0.2, 0.25) is 0 Å². The van der Waals surface area contributed by atoms with Gasteiger partial charge in [-0.1, -0.05) is 36.7 Å². The number of rotatable bonds is 2. The van der Waals surface area contributed by atoms with Crippen molar-refractivity contribution >= 4 is 41.9 Å². The smallest absolute Gasteiger partial charge is 0.207 e. The first-order chi connectivity index (χ1) is 9.12. The van der Waals surface area contributed by atoms with Crippen LogP contribution in [0.25, 0.3) is 0 Å². The standard InChI is InChI=1S/C14H19Br2NO2S/c1-14(2,3)10-6-7-17(9-10)20(18,19)13-5-4-11(15)8-12(13)16/h4-5,8,10H,6-7,9H2,1-3H3. The predicted octanol–water partition coefficient (Wildman–Crippen LogP) is 4.27. The molecule has 0 spiro atoms. The van der Waals surface area contributed by atoms with Gasteiger partial charge < -0.3 is 0 Å². The third-order valence-corrected chi connectivity index (χ3v) is 7.22. The molecule has 6 heteroatoms. The van der Waals surface area contributed by atoms with Gasteiger partial charge in [-0.25, -0.2) is 8.42 Å². The van der Waals surface area contributed by atoms with E-state index in [1.165, 1.54) is 0 Å². The van der Waals surface area contributed by atoms with Crippen LogP contribution in [0.5, 0.6) is 0 Å². The van der Waals surface area contributed by atoms with Crippen molar-refractivity contribution in [2.24, 2.45) is 11.3 Å². The molecule has 0 N–H and O–H groups in total. The Kier molecular flexibility index (Phi) is 4.70. The summed E-state index contributed by atoms with van der Waals surface area (Å²) in [7, 11) is -3.41. The summed E-state index contributed by atoms with van der Waals surface area (Å²) in [4.78, 5) is 0.343. The van der Waals surface area contributed by atoms with E-state index in [1.807, 2.05) is 0 Å². The second kappa shape index (κ2) is 5.71. The zero-order chi connectivity index (χ0) is 15.1. The SMILES string of the molecule is CC(C)(C)C1CCN(S(=O)(=O)c2ccc(Br)cc2Br)C1. The second-order valence-corrected chi connectivity index (χ2v) is 9.97. The molecule has 1 aliphatic heterocycles. The molecule has 0 saturated carbocycles. The first-order valence-electron chi connectivity index (χ1n) is 6.57. The normalized spacial score (nSPS) is 21.4. The second-order valence-electron chi connectivity index (χ2n) is 6.29. The molecule has 1 fully saturated rings. The maximum Gasteiger partial charge on any atom is 0.244 e. The number of nitrogens with zero attached hydrogens (tertiary/aromatic N) is 1. The summed E-state index contributed by atoms with van der Waals surface area (Å²) >= 11 is 6.69. The molecule has 0 amide bonds. The van der Waals surface area contributed by atoms with E-state index in [2.05, 4.69) is 52.6 Å². The lowest BCUT2D eigenvalue weighted by Crippen LogP contribution is -2.31. The first-order valence-corrected chi connectivity index (χ1v) is 9.60. The lowest BCUT2D eigenvalue weighted by molar-refractivity contribution is 0.252. The molecule has 0 aromatic heterocycles. The van der Waals surface area contributed by atoms with Crippen LogP contribution >= 0.6 is 31.9 Å². The van der Waals surface area contributed by atoms with Crippen LogP contribution in [0.3, 0.4) is 0 Å².